The first-order valence-electron chi connectivity index (χ1n) is 13.9. The van der Waals surface area contributed by atoms with Crippen LogP contribution in [0.1, 0.15) is 17.5 Å². The number of carboxylic acids is 1. The lowest BCUT2D eigenvalue weighted by Gasteiger charge is -2.24. The highest BCUT2D eigenvalue weighted by Gasteiger charge is 2.37. The van der Waals surface area contributed by atoms with E-state index in [9.17, 15) is 24.3 Å². The van der Waals surface area contributed by atoms with Gasteiger partial charge in [-0.25, -0.2) is 14.6 Å². The van der Waals surface area contributed by atoms with Crippen LogP contribution in [-0.4, -0.2) is 83.3 Å². The fourth-order valence-corrected chi connectivity index (χ4v) is 4.59. The molecule has 0 aliphatic carbocycles. The molecule has 1 aromatic heterocycles. The standard InChI is InChI=1S/C31H35N5O7/c37-28(15-22-9-3-1-4-10-22)35-26(30(39)40)18-34-29(38)21-42-25-16-24(17-33-27-13-7-8-14-32-27)36(19-25)31(41)43-20-23-11-5-2-6-12-23/h1-14,24-26H,15-21H2,(H,32,33)(H,34,38)(H,35,37)(H,39,40)/t24-,25?,26?/m0/s1. The molecule has 1 fully saturated rings. The van der Waals surface area contributed by atoms with Gasteiger partial charge in [-0.2, -0.15) is 0 Å². The number of nitrogens with one attached hydrogen (secondary N) is 3. The third-order valence-corrected chi connectivity index (χ3v) is 6.79. The molecule has 12 nitrogen and oxygen atoms in total. The Morgan fingerprint density at radius 2 is 1.63 bits per heavy atom. The van der Waals surface area contributed by atoms with Crippen LogP contribution in [0.2, 0.25) is 0 Å². The van der Waals surface area contributed by atoms with Gasteiger partial charge < -0.3 is 35.4 Å². The van der Waals surface area contributed by atoms with Crippen molar-refractivity contribution in [3.8, 4) is 0 Å². The molecule has 1 aliphatic rings. The molecular formula is C31H35N5O7. The fraction of sp³-hybridized carbons (Fsp3) is 0.323. The van der Waals surface area contributed by atoms with Crippen molar-refractivity contribution in [2.24, 2.45) is 0 Å². The van der Waals surface area contributed by atoms with Crippen molar-refractivity contribution in [3.63, 3.8) is 0 Å². The Labute approximate surface area is 249 Å². The van der Waals surface area contributed by atoms with Crippen molar-refractivity contribution in [1.29, 1.82) is 0 Å². The van der Waals surface area contributed by atoms with Crippen molar-refractivity contribution >= 4 is 29.7 Å². The first-order chi connectivity index (χ1) is 20.9. The molecule has 0 spiro atoms. The van der Waals surface area contributed by atoms with Crippen molar-refractivity contribution in [2.45, 2.75) is 37.6 Å². The van der Waals surface area contributed by atoms with Gasteiger partial charge in [0.15, 0.2) is 0 Å². The third kappa shape index (κ3) is 10.1. The Bertz CT molecular complexity index is 1340. The Balaban J connectivity index is 1.26. The normalized spacial score (nSPS) is 16.6. The van der Waals surface area contributed by atoms with Gasteiger partial charge in [0.25, 0.3) is 0 Å². The molecule has 2 unspecified atom stereocenters. The lowest BCUT2D eigenvalue weighted by Crippen LogP contribution is -2.49. The summed E-state index contributed by atoms with van der Waals surface area (Å²) in [4.78, 5) is 55.3. The van der Waals surface area contributed by atoms with E-state index in [4.69, 9.17) is 9.47 Å². The number of carboxylic acid groups (broad SMARTS) is 1. The van der Waals surface area contributed by atoms with Gasteiger partial charge in [0.2, 0.25) is 11.8 Å². The lowest BCUT2D eigenvalue weighted by atomic mass is 10.1. The third-order valence-electron chi connectivity index (χ3n) is 6.79. The van der Waals surface area contributed by atoms with Gasteiger partial charge in [0, 0.05) is 19.3 Å². The largest absolute Gasteiger partial charge is 0.480 e. The molecule has 0 radical (unpaired) electrons. The molecule has 3 aromatic rings. The molecule has 3 atom stereocenters. The molecule has 0 saturated carbocycles. The van der Waals surface area contributed by atoms with E-state index >= 15 is 0 Å². The van der Waals surface area contributed by atoms with Crippen LogP contribution in [0, 0.1) is 0 Å². The predicted molar refractivity (Wildman–Crippen MR) is 157 cm³/mol. The molecule has 2 aromatic carbocycles. The smallest absolute Gasteiger partial charge is 0.410 e. The Morgan fingerprint density at radius 3 is 2.30 bits per heavy atom. The Kier molecular flexibility index (Phi) is 11.4. The number of nitrogens with zero attached hydrogens (tertiary/aromatic N) is 2. The maximum absolute atomic E-state index is 13.0. The molecule has 226 valence electrons. The van der Waals surface area contributed by atoms with E-state index in [0.717, 1.165) is 11.1 Å². The minimum Gasteiger partial charge on any atom is -0.480 e. The zero-order chi connectivity index (χ0) is 30.4. The number of pyridine rings is 1. The summed E-state index contributed by atoms with van der Waals surface area (Å²) in [5.74, 6) is -1.63. The number of hydrogen-bond donors (Lipinski definition) is 4. The van der Waals surface area contributed by atoms with Crippen LogP contribution in [0.4, 0.5) is 10.6 Å². The van der Waals surface area contributed by atoms with Gasteiger partial charge in [-0.1, -0.05) is 66.7 Å². The van der Waals surface area contributed by atoms with Crippen LogP contribution in [0.5, 0.6) is 0 Å². The molecule has 1 saturated heterocycles. The van der Waals surface area contributed by atoms with Gasteiger partial charge >= 0.3 is 12.1 Å². The summed E-state index contributed by atoms with van der Waals surface area (Å²) >= 11 is 0. The second-order valence-electron chi connectivity index (χ2n) is 10.0. The fourth-order valence-electron chi connectivity index (χ4n) is 4.59. The number of aromatic nitrogens is 1. The molecular weight excluding hydrogens is 554 g/mol. The monoisotopic (exact) mass is 589 g/mol. The number of carbonyl (C=O) groups excluding carboxylic acids is 3. The van der Waals surface area contributed by atoms with E-state index in [2.05, 4.69) is 20.9 Å². The number of carbonyl (C=O) groups is 4. The van der Waals surface area contributed by atoms with E-state index in [1.54, 1.807) is 41.4 Å². The summed E-state index contributed by atoms with van der Waals surface area (Å²) in [5.41, 5.74) is 1.60. The summed E-state index contributed by atoms with van der Waals surface area (Å²) in [5, 5.41) is 17.7. The number of aliphatic carboxylic acids is 1. The summed E-state index contributed by atoms with van der Waals surface area (Å²) < 4.78 is 11.3. The van der Waals surface area contributed by atoms with Gasteiger partial charge in [-0.3, -0.25) is 9.59 Å². The highest BCUT2D eigenvalue weighted by atomic mass is 16.6. The van der Waals surface area contributed by atoms with Gasteiger partial charge in [-0.15, -0.1) is 0 Å². The summed E-state index contributed by atoms with van der Waals surface area (Å²) in [6, 6.07) is 22.2. The molecule has 43 heavy (non-hydrogen) atoms. The topological polar surface area (TPSA) is 159 Å². The average Bonchev–Trinajstić information content (AvgIpc) is 3.44. The minimum absolute atomic E-state index is 0.0179. The van der Waals surface area contributed by atoms with Crippen LogP contribution in [-0.2, 0) is 36.9 Å². The number of likely N-dealkylation sites (tertiary alicyclic amines) is 1. The van der Waals surface area contributed by atoms with E-state index in [-0.39, 0.29) is 38.8 Å². The van der Waals surface area contributed by atoms with Gasteiger partial charge in [-0.05, 0) is 29.7 Å². The number of amides is 3. The van der Waals surface area contributed by atoms with Crippen LogP contribution in [0.15, 0.2) is 85.1 Å². The molecule has 4 N–H and O–H groups in total. The number of ether oxygens (including phenoxy) is 2. The number of rotatable bonds is 14. The van der Waals surface area contributed by atoms with Crippen molar-refractivity contribution in [3.05, 3.63) is 96.2 Å². The molecule has 1 aliphatic heterocycles. The predicted octanol–water partition coefficient (Wildman–Crippen LogP) is 2.22. The maximum atomic E-state index is 13.0. The van der Waals surface area contributed by atoms with Crippen LogP contribution in [0.3, 0.4) is 0 Å². The Hall–Kier alpha value is -4.97. The first-order valence-corrected chi connectivity index (χ1v) is 13.9. The number of benzene rings is 2. The van der Waals surface area contributed by atoms with Gasteiger partial charge in [0.05, 0.1) is 25.1 Å². The quantitative estimate of drug-likeness (QED) is 0.221. The Morgan fingerprint density at radius 1 is 0.930 bits per heavy atom. The zero-order valence-corrected chi connectivity index (χ0v) is 23.6. The minimum atomic E-state index is -1.30. The van der Waals surface area contributed by atoms with E-state index in [1.807, 2.05) is 48.5 Å². The van der Waals surface area contributed by atoms with Crippen LogP contribution < -0.4 is 16.0 Å². The first kappa shape index (κ1) is 31.0. The molecule has 3 amide bonds. The highest BCUT2D eigenvalue weighted by molar-refractivity contribution is 5.85. The van der Waals surface area contributed by atoms with E-state index in [0.29, 0.717) is 18.8 Å². The lowest BCUT2D eigenvalue weighted by molar-refractivity contribution is -0.141. The van der Waals surface area contributed by atoms with Crippen molar-refractivity contribution < 1.29 is 33.8 Å². The van der Waals surface area contributed by atoms with Crippen LogP contribution in [0.25, 0.3) is 0 Å². The molecule has 2 heterocycles. The van der Waals surface area contributed by atoms with E-state index in [1.165, 1.54) is 0 Å². The summed E-state index contributed by atoms with van der Waals surface area (Å²) in [6.45, 7) is 0.0753. The summed E-state index contributed by atoms with van der Waals surface area (Å²) in [7, 11) is 0. The maximum Gasteiger partial charge on any atom is 0.410 e. The highest BCUT2D eigenvalue weighted by Crippen LogP contribution is 2.22. The van der Waals surface area contributed by atoms with Crippen LogP contribution >= 0.6 is 0 Å². The summed E-state index contributed by atoms with van der Waals surface area (Å²) in [6.07, 6.45) is 1.18. The molecule has 0 bridgehead atoms. The van der Waals surface area contributed by atoms with Crippen molar-refractivity contribution in [1.82, 2.24) is 20.5 Å². The van der Waals surface area contributed by atoms with Gasteiger partial charge in [0.1, 0.15) is 25.1 Å². The molecule has 12 heteroatoms. The number of anilines is 1. The second-order valence-corrected chi connectivity index (χ2v) is 10.0. The number of hydrogen-bond acceptors (Lipinski definition) is 8. The van der Waals surface area contributed by atoms with E-state index < -0.39 is 36.0 Å². The van der Waals surface area contributed by atoms with Crippen molar-refractivity contribution in [2.75, 3.05) is 31.6 Å². The second kappa shape index (κ2) is 15.9. The molecule has 4 rings (SSSR count). The average molecular weight is 590 g/mol. The SMILES string of the molecule is O=C(COC1C[C@@H](CNc2ccccn2)N(C(=O)OCc2ccccc2)C1)NCC(NC(=O)Cc1ccccc1)C(=O)O. The zero-order valence-electron chi connectivity index (χ0n) is 23.6.